The first kappa shape index (κ1) is 42.8. The molecule has 21 heavy (non-hydrogen) atoms. The maximum Gasteiger partial charge on any atom is 1.00 e. The molecule has 0 bridgehead atoms. The van der Waals surface area contributed by atoms with Crippen LogP contribution in [-0.4, -0.2) is 51.4 Å². The molecule has 0 saturated carbocycles. The molecule has 0 aliphatic rings. The van der Waals surface area contributed by atoms with Gasteiger partial charge in [0.2, 0.25) is 0 Å². The van der Waals surface area contributed by atoms with E-state index >= 15 is 0 Å². The second-order valence-electron chi connectivity index (χ2n) is 2.32. The van der Waals surface area contributed by atoms with E-state index in [1.807, 2.05) is 0 Å². The molecule has 0 aliphatic carbocycles. The molecule has 0 aromatic heterocycles. The number of hydrogen-bond acceptors (Lipinski definition) is 5. The van der Waals surface area contributed by atoms with Crippen molar-refractivity contribution >= 4 is 16.4 Å². The van der Waals surface area contributed by atoms with Gasteiger partial charge < -0.3 is 38.1 Å². The van der Waals surface area contributed by atoms with Crippen molar-refractivity contribution in [3.05, 3.63) is 29.8 Å². The monoisotopic (exact) mass is 396 g/mol. The summed E-state index contributed by atoms with van der Waals surface area (Å²) in [5.74, 6) is -1.77. The Hall–Kier alpha value is -0.177. The molecule has 0 aliphatic heterocycles. The molecule has 14 heteroatoms. The van der Waals surface area contributed by atoms with Gasteiger partial charge in [-0.2, -0.15) is 8.42 Å². The molecule has 11 nitrogen and oxygen atoms in total. The van der Waals surface area contributed by atoms with Crippen molar-refractivity contribution in [1.29, 1.82) is 0 Å². The molecule has 0 radical (unpaired) electrons. The van der Waals surface area contributed by atoms with Crippen LogP contribution in [0.25, 0.3) is 0 Å². The summed E-state index contributed by atoms with van der Waals surface area (Å²) >= 11 is 0. The Morgan fingerprint density at radius 2 is 1.43 bits per heavy atom. The van der Waals surface area contributed by atoms with Gasteiger partial charge in [-0.05, 0) is 12.1 Å². The summed E-state index contributed by atoms with van der Waals surface area (Å²) in [4.78, 5) is 11.0. The van der Waals surface area contributed by atoms with Crippen LogP contribution in [0.3, 0.4) is 0 Å². The summed E-state index contributed by atoms with van der Waals surface area (Å²) in [5.41, 5.74) is -0.342. The average molecular weight is 398 g/mol. The van der Waals surface area contributed by atoms with E-state index in [1.165, 1.54) is 18.2 Å². The average Bonchev–Trinajstić information content (AvgIpc) is 2.01. The number of carbonyl (C=O) groups is 1. The number of phenolic OH excluding ortho intramolecular Hbond substituents is 1. The van der Waals surface area contributed by atoms with E-state index < -0.39 is 22.1 Å². The van der Waals surface area contributed by atoms with E-state index in [0.717, 1.165) is 6.07 Å². The molecule has 0 unspecified atom stereocenters. The third-order valence-corrected chi connectivity index (χ3v) is 1.67. The predicted molar refractivity (Wildman–Crippen MR) is 64.3 cm³/mol. The third-order valence-electron chi connectivity index (χ3n) is 1.30. The summed E-state index contributed by atoms with van der Waals surface area (Å²) in [6, 6.07) is 5.18. The smallest absolute Gasteiger partial charge is 1.00 e. The summed E-state index contributed by atoms with van der Waals surface area (Å²) < 4.78 is 32.1. The van der Waals surface area contributed by atoms with Crippen molar-refractivity contribution in [2.45, 2.75) is 0 Å². The van der Waals surface area contributed by atoms with Crippen molar-refractivity contribution in [3.8, 4) is 5.75 Å². The Labute approximate surface area is 156 Å². The molecule has 0 saturated heterocycles. The van der Waals surface area contributed by atoms with Gasteiger partial charge in [0.15, 0.2) is 0 Å². The maximum atomic E-state index is 11.0. The van der Waals surface area contributed by atoms with Crippen LogP contribution in [0, 0.1) is 0 Å². The van der Waals surface area contributed by atoms with Crippen molar-refractivity contribution in [3.63, 3.8) is 0 Å². The number of hydrogen-bond donors (Lipinski definition) is 2. The van der Waals surface area contributed by atoms with Crippen LogP contribution >= 0.6 is 0 Å². The quantitative estimate of drug-likeness (QED) is 0.361. The molecule has 0 amide bonds. The standard InChI is InChI=1S/C7H6O6S.Na.5H2O.Zn.H/c8-6-4-2-1-3-5(6)7(9)13-14(10,11)12;;;;;;;;/h1-4,8H,(H,10,11,12);;5*1H2;;/q;+1;;;;;;;-1. The first-order chi connectivity index (χ1) is 6.40. The normalized spacial score (nSPS) is 7.29. The minimum absolute atomic E-state index is 0. The first-order valence-electron chi connectivity index (χ1n) is 3.39. The Kier molecular flexibility index (Phi) is 36.4. The van der Waals surface area contributed by atoms with Crippen LogP contribution in [0.15, 0.2) is 24.3 Å². The van der Waals surface area contributed by atoms with E-state index in [-0.39, 0.29) is 83.4 Å². The molecule has 0 atom stereocenters. The van der Waals surface area contributed by atoms with Gasteiger partial charge in [-0.15, -0.1) is 0 Å². The minimum atomic E-state index is -4.85. The predicted octanol–water partition coefficient (Wildman–Crippen LogP) is -6.66. The number of aromatic hydroxyl groups is 1. The molecular formula is C7H17NaO11SZn. The van der Waals surface area contributed by atoms with E-state index in [9.17, 15) is 13.2 Å². The fraction of sp³-hybridized carbons (Fsp3) is 0. The van der Waals surface area contributed by atoms with Crippen LogP contribution < -0.4 is 29.6 Å². The van der Waals surface area contributed by atoms with Crippen LogP contribution in [0.1, 0.15) is 11.8 Å². The van der Waals surface area contributed by atoms with E-state index in [4.69, 9.17) is 9.66 Å². The number of benzene rings is 1. The number of para-hydroxylation sites is 1. The van der Waals surface area contributed by atoms with Gasteiger partial charge in [0.05, 0.1) is 0 Å². The van der Waals surface area contributed by atoms with Gasteiger partial charge in [-0.1, -0.05) is 12.1 Å². The second kappa shape index (κ2) is 17.9. The van der Waals surface area contributed by atoms with Gasteiger partial charge in [0.25, 0.3) is 0 Å². The zero-order valence-corrected chi connectivity index (χ0v) is 16.7. The minimum Gasteiger partial charge on any atom is -1.00 e. The topological polar surface area (TPSA) is 258 Å². The maximum absolute atomic E-state index is 11.0. The summed E-state index contributed by atoms with van der Waals surface area (Å²) in [5, 5.41) is 9.10. The molecule has 12 N–H and O–H groups in total. The van der Waals surface area contributed by atoms with E-state index in [0.29, 0.717) is 0 Å². The Bertz CT molecular complexity index is 471. The number of rotatable bonds is 2. The number of carbonyl (C=O) groups excluding carboxylic acids is 1. The zero-order valence-electron chi connectivity index (χ0n) is 12.0. The molecule has 1 aromatic carbocycles. The fourth-order valence-electron chi connectivity index (χ4n) is 0.787. The molecule has 0 fully saturated rings. The Balaban J connectivity index is -0.0000000408. The van der Waals surface area contributed by atoms with Gasteiger partial charge in [0.1, 0.15) is 11.3 Å². The zero-order chi connectivity index (χ0) is 10.8. The SMILES string of the molecule is O.O.O.O.O.O=C(OS(=O)(=O)O)c1ccccc1O.[H-].[Na+].[Zn]. The van der Waals surface area contributed by atoms with Gasteiger partial charge in [0, 0.05) is 19.5 Å². The molecule has 0 heterocycles. The fourth-order valence-corrected chi connectivity index (χ4v) is 1.07. The molecule has 1 aromatic rings. The van der Waals surface area contributed by atoms with Crippen LogP contribution in [0.2, 0.25) is 0 Å². The second-order valence-corrected chi connectivity index (χ2v) is 3.34. The molecule has 1 rings (SSSR count). The summed E-state index contributed by atoms with van der Waals surface area (Å²) in [6.07, 6.45) is 0. The van der Waals surface area contributed by atoms with Crippen LogP contribution in [-0.2, 0) is 34.1 Å². The van der Waals surface area contributed by atoms with Crippen molar-refractivity contribution in [2.24, 2.45) is 0 Å². The molecular weight excluding hydrogens is 381 g/mol. The number of phenols is 1. The van der Waals surface area contributed by atoms with Crippen molar-refractivity contribution in [1.82, 2.24) is 0 Å². The Morgan fingerprint density at radius 3 is 1.76 bits per heavy atom. The van der Waals surface area contributed by atoms with Gasteiger partial charge in [-0.3, -0.25) is 4.55 Å². The van der Waals surface area contributed by atoms with Crippen LogP contribution in [0.4, 0.5) is 0 Å². The molecule has 0 spiro atoms. The first-order valence-corrected chi connectivity index (χ1v) is 4.76. The van der Waals surface area contributed by atoms with Gasteiger partial charge in [-0.25, -0.2) is 4.79 Å². The van der Waals surface area contributed by atoms with Gasteiger partial charge >= 0.3 is 45.9 Å². The van der Waals surface area contributed by atoms with E-state index in [2.05, 4.69) is 4.18 Å². The van der Waals surface area contributed by atoms with Crippen LogP contribution in [0.5, 0.6) is 5.75 Å². The Morgan fingerprint density at radius 1 is 1.05 bits per heavy atom. The third kappa shape index (κ3) is 16.0. The summed E-state index contributed by atoms with van der Waals surface area (Å²) in [6.45, 7) is 0. The summed E-state index contributed by atoms with van der Waals surface area (Å²) in [7, 11) is -4.85. The van der Waals surface area contributed by atoms with Crippen molar-refractivity contribution < 1.29 is 105 Å². The van der Waals surface area contributed by atoms with E-state index in [1.54, 1.807) is 0 Å². The largest absolute Gasteiger partial charge is 1.00 e. The van der Waals surface area contributed by atoms with Crippen molar-refractivity contribution in [2.75, 3.05) is 0 Å². The molecule has 120 valence electrons.